The zero-order chi connectivity index (χ0) is 12.5. The quantitative estimate of drug-likeness (QED) is 0.355. The van der Waals surface area contributed by atoms with Crippen LogP contribution in [0.5, 0.6) is 0 Å². The van der Waals surface area contributed by atoms with E-state index in [1.54, 1.807) is 18.2 Å². The Morgan fingerprint density at radius 2 is 0.875 bits per heavy atom. The van der Waals surface area contributed by atoms with Gasteiger partial charge in [0.1, 0.15) is 0 Å². The molecule has 0 saturated heterocycles. The third-order valence-corrected chi connectivity index (χ3v) is 7.33. The van der Waals surface area contributed by atoms with Crippen molar-refractivity contribution >= 4 is 40.7 Å². The summed E-state index contributed by atoms with van der Waals surface area (Å²) in [5.41, 5.74) is 0. The summed E-state index contributed by atoms with van der Waals surface area (Å²) >= 11 is 0.801. The first-order valence-electron chi connectivity index (χ1n) is 7.83. The lowest BCUT2D eigenvalue weighted by Gasteiger charge is -1.93. The van der Waals surface area contributed by atoms with Crippen LogP contribution in [0.25, 0.3) is 0 Å². The van der Waals surface area contributed by atoms with Crippen LogP contribution in [0.4, 0.5) is 0 Å². The van der Waals surface area contributed by atoms with E-state index in [1.807, 2.05) is 0 Å². The molecule has 0 saturated carbocycles. The van der Waals surface area contributed by atoms with Crippen molar-refractivity contribution in [2.45, 2.75) is 84.4 Å². The van der Waals surface area contributed by atoms with E-state index < -0.39 is 0 Å². The summed E-state index contributed by atoms with van der Waals surface area (Å²) in [7, 11) is 0. The molecule has 16 heavy (non-hydrogen) atoms. The first kappa shape index (κ1) is 19.9. The molecular weight excluding hydrogens is 217 g/mol. The number of hydrogen-bond acceptors (Lipinski definition) is 0. The Morgan fingerprint density at radius 3 is 1.19 bits per heavy atom. The van der Waals surface area contributed by atoms with Gasteiger partial charge in [-0.1, -0.05) is 66.2 Å². The highest BCUT2D eigenvalue weighted by molar-refractivity contribution is 6.35. The molecule has 0 atom stereocenters. The van der Waals surface area contributed by atoms with E-state index in [9.17, 15) is 0 Å². The molecule has 0 aromatic carbocycles. The maximum Gasteiger partial charge on any atom is 0.364 e. The second kappa shape index (κ2) is 21.8. The summed E-state index contributed by atoms with van der Waals surface area (Å²) in [6, 6.07) is 0. The minimum Gasteiger partial charge on any atom is -0.146 e. The molecule has 0 aromatic rings. The van der Waals surface area contributed by atoms with E-state index in [4.69, 9.17) is 0 Å². The van der Waals surface area contributed by atoms with Gasteiger partial charge in [0.2, 0.25) is 0 Å². The highest BCUT2D eigenvalue weighted by Crippen LogP contribution is 1.99. The predicted molar refractivity (Wildman–Crippen MR) is 81.1 cm³/mol. The Balaban J connectivity index is 0. The van der Waals surface area contributed by atoms with Gasteiger partial charge in [0.25, 0.3) is 0 Å². The highest BCUT2D eigenvalue weighted by atomic mass is 24.5. The molecule has 0 spiro atoms. The number of rotatable bonds is 10. The van der Waals surface area contributed by atoms with Crippen molar-refractivity contribution in [1.82, 2.24) is 0 Å². The van der Waals surface area contributed by atoms with Crippen molar-refractivity contribution in [3.05, 3.63) is 0 Å². The fourth-order valence-electron chi connectivity index (χ4n) is 1.71. The molecule has 0 heterocycles. The molecule has 0 bridgehead atoms. The van der Waals surface area contributed by atoms with Crippen LogP contribution in [0.15, 0.2) is 0 Å². The Bertz CT molecular complexity index is 84.7. The van der Waals surface area contributed by atoms with Crippen LogP contribution in [0.3, 0.4) is 0 Å². The molecule has 0 rings (SSSR count). The average molecular weight is 249 g/mol. The highest BCUT2D eigenvalue weighted by Gasteiger charge is 1.92. The minimum absolute atomic E-state index is 0.389. The maximum absolute atomic E-state index is 2.29. The van der Waals surface area contributed by atoms with Gasteiger partial charge in [-0.2, -0.15) is 0 Å². The lowest BCUT2D eigenvalue weighted by atomic mass is 10.4. The smallest absolute Gasteiger partial charge is 0.146 e. The second-order valence-electron chi connectivity index (χ2n) is 4.83. The average Bonchev–Trinajstić information content (AvgIpc) is 2.31. The van der Waals surface area contributed by atoms with Gasteiger partial charge in [-0.05, 0) is 0 Å². The van der Waals surface area contributed by atoms with E-state index in [1.165, 1.54) is 38.5 Å². The van der Waals surface area contributed by atoms with Gasteiger partial charge in [0.05, 0.1) is 0 Å². The van der Waals surface area contributed by atoms with Crippen molar-refractivity contribution in [3.8, 4) is 0 Å². The summed E-state index contributed by atoms with van der Waals surface area (Å²) in [6.45, 7) is 9.13. The summed E-state index contributed by atoms with van der Waals surface area (Å²) in [6.07, 6.45) is 8.64. The van der Waals surface area contributed by atoms with Crippen molar-refractivity contribution in [1.29, 1.82) is 0 Å². The topological polar surface area (TPSA) is 0 Å². The molecule has 0 aliphatic heterocycles. The van der Waals surface area contributed by atoms with Crippen LogP contribution >= 0.6 is 0 Å². The van der Waals surface area contributed by atoms with E-state index in [-0.39, 0.29) is 0 Å². The van der Waals surface area contributed by atoms with E-state index in [2.05, 4.69) is 27.7 Å². The third-order valence-electron chi connectivity index (χ3n) is 2.91. The van der Waals surface area contributed by atoms with Crippen LogP contribution in [0, 0.1) is 0 Å². The molecule has 0 N–H and O–H groups in total. The fourth-order valence-corrected chi connectivity index (χ4v) is 5.12. The summed E-state index contributed by atoms with van der Waals surface area (Å²) in [4.78, 5) is 0. The fraction of sp³-hybridized carbons (Fsp3) is 1.00. The van der Waals surface area contributed by atoms with Crippen LogP contribution in [0.2, 0.25) is 18.2 Å². The molecule has 0 amide bonds. The monoisotopic (exact) mass is 248 g/mol. The van der Waals surface area contributed by atoms with Gasteiger partial charge < -0.3 is 0 Å². The van der Waals surface area contributed by atoms with Gasteiger partial charge >= 0.3 is 40.7 Å². The molecule has 0 aromatic heterocycles. The second-order valence-corrected chi connectivity index (χ2v) is 9.07. The molecule has 2 heteroatoms. The summed E-state index contributed by atoms with van der Waals surface area (Å²) in [5.74, 6) is 0. The van der Waals surface area contributed by atoms with E-state index in [0.717, 1.165) is 0 Å². The van der Waals surface area contributed by atoms with Crippen molar-refractivity contribution in [2.75, 3.05) is 0 Å². The number of unbranched alkanes of at least 4 members (excludes halogenated alkanes) is 2. The zero-order valence-corrected chi connectivity index (χ0v) is 15.3. The van der Waals surface area contributed by atoms with Crippen LogP contribution in [0.1, 0.15) is 66.2 Å². The first-order chi connectivity index (χ1) is 7.83. The van der Waals surface area contributed by atoms with Crippen LogP contribution < -0.4 is 0 Å². The third kappa shape index (κ3) is 24.7. The Labute approximate surface area is 124 Å². The van der Waals surface area contributed by atoms with E-state index >= 15 is 0 Å². The largest absolute Gasteiger partial charge is 0.364 e. The predicted octanol–water partition coefficient (Wildman–Crippen LogP) is 5.47. The van der Waals surface area contributed by atoms with Crippen LogP contribution in [-0.4, -0.2) is 40.7 Å². The standard InChI is InChI=1S/2C4H9.2C3H7.2Mg/c2*1-3-4-2;2*1-3-2;;/h2*1,3-4H2,2H3;2*1,3H2,2H3;;. The normalized spacial score (nSPS) is 8.75. The molecule has 0 radical (unpaired) electrons. The molecule has 92 valence electrons. The lowest BCUT2D eigenvalue weighted by molar-refractivity contribution is 0.851. The van der Waals surface area contributed by atoms with Crippen molar-refractivity contribution in [3.63, 3.8) is 0 Å². The van der Waals surface area contributed by atoms with Gasteiger partial charge in [0.15, 0.2) is 0 Å². The van der Waals surface area contributed by atoms with Gasteiger partial charge in [-0.3, -0.25) is 0 Å². The molecule has 0 aliphatic rings. The summed E-state index contributed by atoms with van der Waals surface area (Å²) < 4.78 is 6.31. The van der Waals surface area contributed by atoms with Crippen LogP contribution in [-0.2, 0) is 0 Å². The SMILES string of the molecule is CCC[CH2][Mg][CH2]CCC.CC[CH2][Mg][CH2]CC. The Hall–Kier alpha value is 1.53. The Morgan fingerprint density at radius 1 is 0.500 bits per heavy atom. The Kier molecular flexibility index (Phi) is 27.0. The number of hydrogen-bond donors (Lipinski definition) is 0. The van der Waals surface area contributed by atoms with Gasteiger partial charge in [-0.25, -0.2) is 0 Å². The first-order valence-corrected chi connectivity index (χ1v) is 11.8. The molecular formula is C14H32Mg2. The molecule has 0 unspecified atom stereocenters. The maximum atomic E-state index is 2.29. The lowest BCUT2D eigenvalue weighted by Crippen LogP contribution is -1.87. The minimum atomic E-state index is 0.389. The zero-order valence-electron chi connectivity index (χ0n) is 12.5. The summed E-state index contributed by atoms with van der Waals surface area (Å²) in [5, 5.41) is 0. The molecule has 0 aliphatic carbocycles. The molecule has 0 fully saturated rings. The van der Waals surface area contributed by atoms with Gasteiger partial charge in [-0.15, -0.1) is 18.2 Å². The van der Waals surface area contributed by atoms with Gasteiger partial charge in [0, 0.05) is 0 Å². The van der Waals surface area contributed by atoms with Crippen molar-refractivity contribution in [2.24, 2.45) is 0 Å². The van der Waals surface area contributed by atoms with Crippen molar-refractivity contribution < 1.29 is 0 Å². The van der Waals surface area contributed by atoms with E-state index in [0.29, 0.717) is 40.7 Å². The molecule has 0 nitrogen and oxygen atoms in total.